The van der Waals surface area contributed by atoms with Gasteiger partial charge >= 0.3 is 0 Å². The third kappa shape index (κ3) is 1.70. The minimum Gasteiger partial charge on any atom is -0.375 e. The molecule has 0 radical (unpaired) electrons. The molecule has 14 heavy (non-hydrogen) atoms. The van der Waals surface area contributed by atoms with Crippen molar-refractivity contribution >= 4 is 0 Å². The molecule has 2 atom stereocenters. The van der Waals surface area contributed by atoms with Gasteiger partial charge in [0.1, 0.15) is 0 Å². The van der Waals surface area contributed by atoms with Crippen LogP contribution in [0.15, 0.2) is 0 Å². The quantitative estimate of drug-likeness (QED) is 0.750. The summed E-state index contributed by atoms with van der Waals surface area (Å²) in [6, 6.07) is 0.685. The maximum Gasteiger partial charge on any atom is 0.0722 e. The monoisotopic (exact) mass is 197 g/mol. The first kappa shape index (κ1) is 10.4. The molecule has 2 unspecified atom stereocenters. The van der Waals surface area contributed by atoms with Gasteiger partial charge in [0, 0.05) is 12.6 Å². The van der Waals surface area contributed by atoms with Gasteiger partial charge in [-0.15, -0.1) is 0 Å². The predicted molar refractivity (Wildman–Crippen MR) is 58.4 cm³/mol. The van der Waals surface area contributed by atoms with Gasteiger partial charge in [-0.2, -0.15) is 0 Å². The van der Waals surface area contributed by atoms with Crippen LogP contribution in [0.5, 0.6) is 0 Å². The Morgan fingerprint density at radius 3 is 2.64 bits per heavy atom. The average Bonchev–Trinajstić information content (AvgIpc) is 2.15. The van der Waals surface area contributed by atoms with Gasteiger partial charge in [-0.05, 0) is 45.1 Å². The lowest BCUT2D eigenvalue weighted by Crippen LogP contribution is -2.52. The Labute approximate surface area is 87.4 Å². The smallest absolute Gasteiger partial charge is 0.0722 e. The number of hydrogen-bond donors (Lipinski definition) is 1. The lowest BCUT2D eigenvalue weighted by Gasteiger charge is -2.49. The van der Waals surface area contributed by atoms with Crippen molar-refractivity contribution in [2.75, 3.05) is 13.7 Å². The van der Waals surface area contributed by atoms with E-state index in [0.717, 1.165) is 12.5 Å². The maximum absolute atomic E-state index is 6.11. The van der Waals surface area contributed by atoms with Crippen molar-refractivity contribution in [3.05, 3.63) is 0 Å². The molecule has 1 saturated heterocycles. The molecule has 2 fully saturated rings. The zero-order chi connectivity index (χ0) is 10.0. The lowest BCUT2D eigenvalue weighted by atomic mass is 9.68. The van der Waals surface area contributed by atoms with Gasteiger partial charge in [0.2, 0.25) is 0 Å². The van der Waals surface area contributed by atoms with Crippen LogP contribution >= 0.6 is 0 Å². The Kier molecular flexibility index (Phi) is 3.13. The van der Waals surface area contributed by atoms with E-state index in [1.165, 1.54) is 38.5 Å². The molecule has 1 aliphatic carbocycles. The van der Waals surface area contributed by atoms with Crippen LogP contribution in [0.25, 0.3) is 0 Å². The highest BCUT2D eigenvalue weighted by atomic mass is 16.5. The standard InChI is InChI=1S/C12H23NO/c1-3-12(10-5-4-6-10)9-11(13-2)7-8-14-12/h10-11,13H,3-9H2,1-2H3. The summed E-state index contributed by atoms with van der Waals surface area (Å²) in [7, 11) is 2.08. The van der Waals surface area contributed by atoms with Gasteiger partial charge in [-0.3, -0.25) is 0 Å². The first-order chi connectivity index (χ1) is 6.80. The molecule has 2 nitrogen and oxygen atoms in total. The van der Waals surface area contributed by atoms with Crippen LogP contribution in [-0.4, -0.2) is 25.3 Å². The molecule has 2 rings (SSSR count). The SMILES string of the molecule is CCC1(C2CCC2)CC(NC)CCO1. The van der Waals surface area contributed by atoms with E-state index in [0.29, 0.717) is 6.04 Å². The number of ether oxygens (including phenoxy) is 1. The van der Waals surface area contributed by atoms with Gasteiger partial charge in [0.25, 0.3) is 0 Å². The molecule has 1 saturated carbocycles. The summed E-state index contributed by atoms with van der Waals surface area (Å²) in [5.74, 6) is 0.851. The van der Waals surface area contributed by atoms with Crippen LogP contribution in [0.2, 0.25) is 0 Å². The minimum absolute atomic E-state index is 0.226. The summed E-state index contributed by atoms with van der Waals surface area (Å²) in [4.78, 5) is 0. The van der Waals surface area contributed by atoms with Crippen molar-refractivity contribution in [1.29, 1.82) is 0 Å². The van der Waals surface area contributed by atoms with E-state index in [-0.39, 0.29) is 5.60 Å². The Hall–Kier alpha value is -0.0800. The summed E-state index contributed by atoms with van der Waals surface area (Å²) in [5, 5.41) is 3.42. The number of rotatable bonds is 3. The molecular weight excluding hydrogens is 174 g/mol. The van der Waals surface area contributed by atoms with Crippen molar-refractivity contribution < 1.29 is 4.74 Å². The molecule has 1 heterocycles. The molecule has 0 aromatic rings. The van der Waals surface area contributed by atoms with Crippen molar-refractivity contribution in [3.8, 4) is 0 Å². The van der Waals surface area contributed by atoms with Crippen LogP contribution in [0.3, 0.4) is 0 Å². The summed E-state index contributed by atoms with van der Waals surface area (Å²) >= 11 is 0. The second-order valence-corrected chi connectivity index (χ2v) is 4.87. The summed E-state index contributed by atoms with van der Waals surface area (Å²) in [6.45, 7) is 3.24. The second kappa shape index (κ2) is 4.19. The molecule has 82 valence electrons. The zero-order valence-electron chi connectivity index (χ0n) is 9.51. The van der Waals surface area contributed by atoms with Crippen LogP contribution in [0.1, 0.15) is 45.4 Å². The maximum atomic E-state index is 6.11. The molecule has 0 bridgehead atoms. The number of nitrogens with one attached hydrogen (secondary N) is 1. The third-order valence-corrected chi connectivity index (χ3v) is 4.30. The molecular formula is C12H23NO. The van der Waals surface area contributed by atoms with E-state index < -0.39 is 0 Å². The predicted octanol–water partition coefficient (Wildman–Crippen LogP) is 2.33. The van der Waals surface area contributed by atoms with Gasteiger partial charge in [0.05, 0.1) is 5.60 Å². The zero-order valence-corrected chi connectivity index (χ0v) is 9.51. The Morgan fingerprint density at radius 1 is 1.36 bits per heavy atom. The summed E-state index contributed by atoms with van der Waals surface area (Å²) in [6.07, 6.45) is 7.81. The minimum atomic E-state index is 0.226. The fourth-order valence-electron chi connectivity index (χ4n) is 2.98. The van der Waals surface area contributed by atoms with Crippen molar-refractivity contribution in [3.63, 3.8) is 0 Å². The normalized spacial score (nSPS) is 39.4. The van der Waals surface area contributed by atoms with Crippen molar-refractivity contribution in [1.82, 2.24) is 5.32 Å². The topological polar surface area (TPSA) is 21.3 Å². The van der Waals surface area contributed by atoms with Gasteiger partial charge in [-0.1, -0.05) is 13.3 Å². The van der Waals surface area contributed by atoms with Gasteiger partial charge < -0.3 is 10.1 Å². The van der Waals surface area contributed by atoms with E-state index in [1.54, 1.807) is 0 Å². The molecule has 0 spiro atoms. The second-order valence-electron chi connectivity index (χ2n) is 4.87. The summed E-state index contributed by atoms with van der Waals surface area (Å²) < 4.78 is 6.11. The van der Waals surface area contributed by atoms with Gasteiger partial charge in [0.15, 0.2) is 0 Å². The largest absolute Gasteiger partial charge is 0.375 e. The number of hydrogen-bond acceptors (Lipinski definition) is 2. The third-order valence-electron chi connectivity index (χ3n) is 4.30. The van der Waals surface area contributed by atoms with Crippen LogP contribution < -0.4 is 5.32 Å². The van der Waals surface area contributed by atoms with E-state index in [4.69, 9.17) is 4.74 Å². The van der Waals surface area contributed by atoms with Crippen LogP contribution in [0.4, 0.5) is 0 Å². The summed E-state index contributed by atoms with van der Waals surface area (Å²) in [5.41, 5.74) is 0.226. The average molecular weight is 197 g/mol. The van der Waals surface area contributed by atoms with E-state index in [9.17, 15) is 0 Å². The molecule has 2 heteroatoms. The Balaban J connectivity index is 2.02. The van der Waals surface area contributed by atoms with Crippen molar-refractivity contribution in [2.45, 2.75) is 57.1 Å². The van der Waals surface area contributed by atoms with E-state index in [1.807, 2.05) is 0 Å². The lowest BCUT2D eigenvalue weighted by molar-refractivity contribution is -0.144. The molecule has 0 aromatic heterocycles. The van der Waals surface area contributed by atoms with E-state index >= 15 is 0 Å². The fourth-order valence-corrected chi connectivity index (χ4v) is 2.98. The van der Waals surface area contributed by atoms with Crippen LogP contribution in [-0.2, 0) is 4.74 Å². The fraction of sp³-hybridized carbons (Fsp3) is 1.00. The highest BCUT2D eigenvalue weighted by Crippen LogP contribution is 2.45. The molecule has 1 aliphatic heterocycles. The first-order valence-corrected chi connectivity index (χ1v) is 6.12. The van der Waals surface area contributed by atoms with Crippen LogP contribution in [0, 0.1) is 5.92 Å². The molecule has 1 N–H and O–H groups in total. The first-order valence-electron chi connectivity index (χ1n) is 6.12. The van der Waals surface area contributed by atoms with Gasteiger partial charge in [-0.25, -0.2) is 0 Å². The van der Waals surface area contributed by atoms with Crippen molar-refractivity contribution in [2.24, 2.45) is 5.92 Å². The van der Waals surface area contributed by atoms with E-state index in [2.05, 4.69) is 19.3 Å². The highest BCUT2D eigenvalue weighted by molar-refractivity contribution is 4.96. The Bertz CT molecular complexity index is 191. The Morgan fingerprint density at radius 2 is 2.14 bits per heavy atom. The molecule has 2 aliphatic rings. The highest BCUT2D eigenvalue weighted by Gasteiger charge is 2.44. The molecule has 0 aromatic carbocycles. The molecule has 0 amide bonds.